The van der Waals surface area contributed by atoms with Gasteiger partial charge in [0.25, 0.3) is 0 Å². The van der Waals surface area contributed by atoms with Crippen LogP contribution < -0.4 is 0 Å². The zero-order chi connectivity index (χ0) is 9.72. The lowest BCUT2D eigenvalue weighted by Gasteiger charge is -2.24. The van der Waals surface area contributed by atoms with Crippen LogP contribution in [-0.2, 0) is 4.79 Å². The molecule has 0 saturated heterocycles. The summed E-state index contributed by atoms with van der Waals surface area (Å²) in [6.07, 6.45) is 1.70. The van der Waals surface area contributed by atoms with E-state index >= 15 is 0 Å². The van der Waals surface area contributed by atoms with Gasteiger partial charge in [0.15, 0.2) is 0 Å². The summed E-state index contributed by atoms with van der Waals surface area (Å²) >= 11 is 0. The second-order valence-corrected chi connectivity index (χ2v) is 3.67. The molecule has 2 heteroatoms. The highest BCUT2D eigenvalue weighted by Crippen LogP contribution is 2.26. The van der Waals surface area contributed by atoms with Crippen molar-refractivity contribution in [3.8, 4) is 0 Å². The molecule has 0 rings (SSSR count). The Balaban J connectivity index is 4.33. The maximum atomic E-state index is 10.8. The molecule has 72 valence electrons. The predicted molar refractivity (Wildman–Crippen MR) is 50.0 cm³/mol. The Morgan fingerprint density at radius 2 is 1.75 bits per heavy atom. The molecular weight excluding hydrogens is 152 g/mol. The van der Waals surface area contributed by atoms with Crippen LogP contribution in [0.2, 0.25) is 0 Å². The Bertz CT molecular complexity index is 141. The molecule has 0 radical (unpaired) electrons. The molecule has 0 amide bonds. The van der Waals surface area contributed by atoms with E-state index < -0.39 is 5.97 Å². The molecule has 12 heavy (non-hydrogen) atoms. The fourth-order valence-corrected chi connectivity index (χ4v) is 1.88. The van der Waals surface area contributed by atoms with Crippen LogP contribution in [-0.4, -0.2) is 11.1 Å². The topological polar surface area (TPSA) is 37.3 Å². The SMILES string of the molecule is CCC(C(=O)O)C(CC)C(C)C. The summed E-state index contributed by atoms with van der Waals surface area (Å²) in [5, 5.41) is 8.92. The van der Waals surface area contributed by atoms with Gasteiger partial charge in [0, 0.05) is 0 Å². The third kappa shape index (κ3) is 2.84. The van der Waals surface area contributed by atoms with E-state index in [0.717, 1.165) is 12.8 Å². The third-order valence-electron chi connectivity index (χ3n) is 2.60. The average molecular weight is 172 g/mol. The molecular formula is C10H20O2. The Labute approximate surface area is 75.0 Å². The summed E-state index contributed by atoms with van der Waals surface area (Å²) < 4.78 is 0. The largest absolute Gasteiger partial charge is 0.481 e. The Morgan fingerprint density at radius 3 is 1.83 bits per heavy atom. The second kappa shape index (κ2) is 5.18. The molecule has 0 aliphatic heterocycles. The highest BCUT2D eigenvalue weighted by molar-refractivity contribution is 5.70. The molecule has 2 unspecified atom stereocenters. The van der Waals surface area contributed by atoms with Crippen molar-refractivity contribution in [1.82, 2.24) is 0 Å². The average Bonchev–Trinajstić information content (AvgIpc) is 1.98. The highest BCUT2D eigenvalue weighted by Gasteiger charge is 2.26. The smallest absolute Gasteiger partial charge is 0.306 e. The second-order valence-electron chi connectivity index (χ2n) is 3.67. The molecule has 0 saturated carbocycles. The molecule has 0 spiro atoms. The minimum Gasteiger partial charge on any atom is -0.481 e. The minimum absolute atomic E-state index is 0.157. The number of hydrogen-bond donors (Lipinski definition) is 1. The molecule has 0 aliphatic carbocycles. The molecule has 0 heterocycles. The third-order valence-corrected chi connectivity index (χ3v) is 2.60. The molecule has 2 atom stereocenters. The van der Waals surface area contributed by atoms with Gasteiger partial charge < -0.3 is 5.11 Å². The van der Waals surface area contributed by atoms with Gasteiger partial charge in [0.2, 0.25) is 0 Å². The van der Waals surface area contributed by atoms with E-state index in [0.29, 0.717) is 11.8 Å². The van der Waals surface area contributed by atoms with Crippen LogP contribution in [0.3, 0.4) is 0 Å². The van der Waals surface area contributed by atoms with Gasteiger partial charge in [-0.3, -0.25) is 4.79 Å². The van der Waals surface area contributed by atoms with Gasteiger partial charge >= 0.3 is 5.97 Å². The van der Waals surface area contributed by atoms with Gasteiger partial charge in [0.05, 0.1) is 5.92 Å². The first-order valence-corrected chi connectivity index (χ1v) is 4.77. The number of carboxylic acids is 1. The van der Waals surface area contributed by atoms with Crippen molar-refractivity contribution in [2.75, 3.05) is 0 Å². The molecule has 0 aromatic heterocycles. The van der Waals surface area contributed by atoms with Crippen molar-refractivity contribution in [3.63, 3.8) is 0 Å². The van der Waals surface area contributed by atoms with Crippen LogP contribution in [0, 0.1) is 17.8 Å². The van der Waals surface area contributed by atoms with Gasteiger partial charge in [-0.15, -0.1) is 0 Å². The van der Waals surface area contributed by atoms with Crippen molar-refractivity contribution in [2.45, 2.75) is 40.5 Å². The summed E-state index contributed by atoms with van der Waals surface area (Å²) in [7, 11) is 0. The van der Waals surface area contributed by atoms with E-state index in [2.05, 4.69) is 20.8 Å². The van der Waals surface area contributed by atoms with Crippen molar-refractivity contribution < 1.29 is 9.90 Å². The maximum Gasteiger partial charge on any atom is 0.306 e. The summed E-state index contributed by atoms with van der Waals surface area (Å²) in [5.41, 5.74) is 0. The van der Waals surface area contributed by atoms with E-state index in [-0.39, 0.29) is 5.92 Å². The monoisotopic (exact) mass is 172 g/mol. The Morgan fingerprint density at radius 1 is 1.25 bits per heavy atom. The highest BCUT2D eigenvalue weighted by atomic mass is 16.4. The minimum atomic E-state index is -0.641. The molecule has 0 fully saturated rings. The van der Waals surface area contributed by atoms with E-state index in [1.165, 1.54) is 0 Å². The lowest BCUT2D eigenvalue weighted by atomic mass is 9.80. The summed E-state index contributed by atoms with van der Waals surface area (Å²) in [5.74, 6) is -0.00315. The first-order chi connectivity index (χ1) is 5.54. The van der Waals surface area contributed by atoms with Gasteiger partial charge in [-0.05, 0) is 18.3 Å². The molecule has 1 N–H and O–H groups in total. The summed E-state index contributed by atoms with van der Waals surface area (Å²) in [6.45, 7) is 8.21. The van der Waals surface area contributed by atoms with Crippen LogP contribution in [0.15, 0.2) is 0 Å². The fourth-order valence-electron chi connectivity index (χ4n) is 1.88. The molecule has 0 bridgehead atoms. The first-order valence-electron chi connectivity index (χ1n) is 4.77. The van der Waals surface area contributed by atoms with Crippen molar-refractivity contribution in [1.29, 1.82) is 0 Å². The van der Waals surface area contributed by atoms with E-state index in [4.69, 9.17) is 5.11 Å². The standard InChI is InChI=1S/C10H20O2/c1-5-8(7(3)4)9(6-2)10(11)12/h7-9H,5-6H2,1-4H3,(H,11,12). The summed E-state index contributed by atoms with van der Waals surface area (Å²) in [4.78, 5) is 10.8. The molecule has 0 aromatic rings. The summed E-state index contributed by atoms with van der Waals surface area (Å²) in [6, 6.07) is 0. The zero-order valence-corrected chi connectivity index (χ0v) is 8.50. The number of aliphatic carboxylic acids is 1. The van der Waals surface area contributed by atoms with Crippen LogP contribution in [0.25, 0.3) is 0 Å². The Kier molecular flexibility index (Phi) is 4.95. The van der Waals surface area contributed by atoms with Crippen LogP contribution in [0.4, 0.5) is 0 Å². The van der Waals surface area contributed by atoms with Gasteiger partial charge in [-0.2, -0.15) is 0 Å². The lowest BCUT2D eigenvalue weighted by Crippen LogP contribution is -2.26. The van der Waals surface area contributed by atoms with Crippen molar-refractivity contribution >= 4 is 5.97 Å². The number of hydrogen-bond acceptors (Lipinski definition) is 1. The Hall–Kier alpha value is -0.530. The lowest BCUT2D eigenvalue weighted by molar-refractivity contribution is -0.144. The quantitative estimate of drug-likeness (QED) is 0.692. The number of carboxylic acid groups (broad SMARTS) is 1. The molecule has 2 nitrogen and oxygen atoms in total. The van der Waals surface area contributed by atoms with Crippen LogP contribution in [0.5, 0.6) is 0 Å². The van der Waals surface area contributed by atoms with E-state index in [1.807, 2.05) is 6.92 Å². The van der Waals surface area contributed by atoms with Crippen LogP contribution >= 0.6 is 0 Å². The maximum absolute atomic E-state index is 10.8. The van der Waals surface area contributed by atoms with Gasteiger partial charge in [-0.1, -0.05) is 34.1 Å². The normalized spacial score (nSPS) is 16.1. The first kappa shape index (κ1) is 11.5. The van der Waals surface area contributed by atoms with Gasteiger partial charge in [0.1, 0.15) is 0 Å². The zero-order valence-electron chi connectivity index (χ0n) is 8.50. The molecule has 0 aromatic carbocycles. The number of carbonyl (C=O) groups is 1. The predicted octanol–water partition coefficient (Wildman–Crippen LogP) is 2.78. The van der Waals surface area contributed by atoms with E-state index in [1.54, 1.807) is 0 Å². The number of rotatable bonds is 5. The van der Waals surface area contributed by atoms with E-state index in [9.17, 15) is 4.79 Å². The van der Waals surface area contributed by atoms with Crippen LogP contribution in [0.1, 0.15) is 40.5 Å². The fraction of sp³-hybridized carbons (Fsp3) is 0.900. The van der Waals surface area contributed by atoms with Crippen molar-refractivity contribution in [2.24, 2.45) is 17.8 Å². The van der Waals surface area contributed by atoms with Gasteiger partial charge in [-0.25, -0.2) is 0 Å². The van der Waals surface area contributed by atoms with Crippen molar-refractivity contribution in [3.05, 3.63) is 0 Å². The molecule has 0 aliphatic rings.